The lowest BCUT2D eigenvalue weighted by molar-refractivity contribution is 0.102. The Hall–Kier alpha value is -3.84. The second kappa shape index (κ2) is 8.45. The number of amides is 1. The van der Waals surface area contributed by atoms with Gasteiger partial charge in [-0.2, -0.15) is 18.8 Å². The van der Waals surface area contributed by atoms with Gasteiger partial charge in [0.1, 0.15) is 5.75 Å². The Morgan fingerprint density at radius 1 is 1.14 bits per heavy atom. The summed E-state index contributed by atoms with van der Waals surface area (Å²) in [6.45, 7) is 2.34. The summed E-state index contributed by atoms with van der Waals surface area (Å²) in [5.74, 6) is -0.0463. The Kier molecular flexibility index (Phi) is 5.80. The Balaban J connectivity index is 1.78. The highest BCUT2D eigenvalue weighted by atomic mass is 32.2. The molecule has 3 aromatic rings. The fraction of sp³-hybridized carbons (Fsp3) is 0.105. The highest BCUT2D eigenvalue weighted by Gasteiger charge is 2.25. The monoisotopic (exact) mass is 411 g/mol. The third-order valence-electron chi connectivity index (χ3n) is 3.81. The fourth-order valence-electron chi connectivity index (χ4n) is 2.46. The third-order valence-corrected chi connectivity index (χ3v) is 5.16. The van der Waals surface area contributed by atoms with Crippen molar-refractivity contribution in [3.05, 3.63) is 65.9 Å². The molecule has 0 unspecified atom stereocenters. The van der Waals surface area contributed by atoms with Crippen molar-refractivity contribution in [3.8, 4) is 11.8 Å². The lowest BCUT2D eigenvalue weighted by Crippen LogP contribution is -2.19. The molecule has 1 amide bonds. The van der Waals surface area contributed by atoms with Gasteiger partial charge in [-0.25, -0.2) is 0 Å². The average Bonchev–Trinajstić information content (AvgIpc) is 3.21. The number of carbonyl (C=O) groups excluding carboxylic acids is 1. The summed E-state index contributed by atoms with van der Waals surface area (Å²) >= 11 is 0. The number of ether oxygens (including phenoxy) is 1. The van der Waals surface area contributed by atoms with Crippen LogP contribution in [0.25, 0.3) is 0 Å². The molecule has 148 valence electrons. The van der Waals surface area contributed by atoms with Gasteiger partial charge in [0.05, 0.1) is 30.0 Å². The second-order valence-corrected chi connectivity index (χ2v) is 7.44. The van der Waals surface area contributed by atoms with Crippen molar-refractivity contribution in [2.45, 2.75) is 11.9 Å². The molecular weight excluding hydrogens is 394 g/mol. The summed E-state index contributed by atoms with van der Waals surface area (Å²) in [6, 6.07) is 14.5. The van der Waals surface area contributed by atoms with E-state index in [2.05, 4.69) is 20.2 Å². The molecule has 1 heterocycles. The minimum Gasteiger partial charge on any atom is -0.494 e. The summed E-state index contributed by atoms with van der Waals surface area (Å²) in [6.07, 6.45) is 1.13. The van der Waals surface area contributed by atoms with E-state index in [0.717, 1.165) is 6.20 Å². The maximum Gasteiger partial charge on any atom is 0.279 e. The van der Waals surface area contributed by atoms with Crippen molar-refractivity contribution in [2.75, 3.05) is 16.6 Å². The zero-order valence-corrected chi connectivity index (χ0v) is 16.2. The Morgan fingerprint density at radius 3 is 2.41 bits per heavy atom. The summed E-state index contributed by atoms with van der Waals surface area (Å²) in [4.78, 5) is 12.5. The van der Waals surface area contributed by atoms with Gasteiger partial charge in [0, 0.05) is 11.4 Å². The van der Waals surface area contributed by atoms with E-state index in [9.17, 15) is 13.2 Å². The molecule has 2 aromatic carbocycles. The van der Waals surface area contributed by atoms with Crippen LogP contribution in [0.5, 0.6) is 5.75 Å². The predicted octanol–water partition coefficient (Wildman–Crippen LogP) is 2.73. The number of anilines is 2. The second-order valence-electron chi connectivity index (χ2n) is 5.82. The number of sulfonamides is 1. The lowest BCUT2D eigenvalue weighted by Gasteiger charge is -2.10. The first-order chi connectivity index (χ1) is 13.9. The van der Waals surface area contributed by atoms with Crippen LogP contribution >= 0.6 is 0 Å². The van der Waals surface area contributed by atoms with Crippen LogP contribution in [0.4, 0.5) is 11.4 Å². The molecule has 10 heteroatoms. The van der Waals surface area contributed by atoms with Crippen LogP contribution in [0, 0.1) is 11.3 Å². The van der Waals surface area contributed by atoms with Gasteiger partial charge in [-0.05, 0) is 55.5 Å². The molecule has 0 atom stereocenters. The minimum atomic E-state index is -4.09. The SMILES string of the molecule is CCOc1ccc(NS(=O)(=O)c2[nH]ncc2C(=O)Nc2ccc(C#N)cc2)cc1. The average molecular weight is 411 g/mol. The number of aromatic nitrogens is 2. The number of hydrogen-bond donors (Lipinski definition) is 3. The number of nitrogens with zero attached hydrogens (tertiary/aromatic N) is 2. The number of carbonyl (C=O) groups is 1. The van der Waals surface area contributed by atoms with E-state index in [-0.39, 0.29) is 10.6 Å². The van der Waals surface area contributed by atoms with E-state index >= 15 is 0 Å². The topological polar surface area (TPSA) is 137 Å². The van der Waals surface area contributed by atoms with Crippen LogP contribution in [0.3, 0.4) is 0 Å². The number of aromatic amines is 1. The van der Waals surface area contributed by atoms with Crippen LogP contribution in [0.1, 0.15) is 22.8 Å². The van der Waals surface area contributed by atoms with E-state index in [0.29, 0.717) is 29.3 Å². The molecule has 0 bridgehead atoms. The van der Waals surface area contributed by atoms with Gasteiger partial charge in [0.25, 0.3) is 15.9 Å². The van der Waals surface area contributed by atoms with Gasteiger partial charge in [0.2, 0.25) is 0 Å². The smallest absolute Gasteiger partial charge is 0.279 e. The number of H-pyrrole nitrogens is 1. The molecule has 0 radical (unpaired) electrons. The van der Waals surface area contributed by atoms with Crippen molar-refractivity contribution < 1.29 is 17.9 Å². The molecule has 0 aliphatic heterocycles. The third kappa shape index (κ3) is 4.72. The standard InChI is InChI=1S/C19H17N5O4S/c1-2-28-16-9-7-15(8-10-16)24-29(26,27)19-17(12-21-23-19)18(25)22-14-5-3-13(11-20)4-6-14/h3-10,12,24H,2H2,1H3,(H,21,23)(H,22,25). The Bertz CT molecular complexity index is 1150. The van der Waals surface area contributed by atoms with E-state index in [1.54, 1.807) is 36.4 Å². The minimum absolute atomic E-state index is 0.146. The lowest BCUT2D eigenvalue weighted by atomic mass is 10.2. The predicted molar refractivity (Wildman–Crippen MR) is 106 cm³/mol. The largest absolute Gasteiger partial charge is 0.494 e. The van der Waals surface area contributed by atoms with Gasteiger partial charge < -0.3 is 10.1 Å². The fourth-order valence-corrected chi connectivity index (χ4v) is 3.62. The quantitative estimate of drug-likeness (QED) is 0.547. The molecule has 0 spiro atoms. The van der Waals surface area contributed by atoms with Crippen LogP contribution in [0.2, 0.25) is 0 Å². The Labute approximate surface area is 167 Å². The van der Waals surface area contributed by atoms with E-state index in [4.69, 9.17) is 10.00 Å². The highest BCUT2D eigenvalue weighted by molar-refractivity contribution is 7.92. The molecular formula is C19H17N5O4S. The van der Waals surface area contributed by atoms with Gasteiger partial charge in [-0.3, -0.25) is 14.6 Å². The molecule has 3 N–H and O–H groups in total. The number of nitrogens with one attached hydrogen (secondary N) is 3. The van der Waals surface area contributed by atoms with Gasteiger partial charge in [0.15, 0.2) is 5.03 Å². The highest BCUT2D eigenvalue weighted by Crippen LogP contribution is 2.21. The molecule has 0 fully saturated rings. The molecule has 3 rings (SSSR count). The van der Waals surface area contributed by atoms with Gasteiger partial charge in [-0.15, -0.1) is 0 Å². The first-order valence-corrected chi connectivity index (χ1v) is 10.0. The van der Waals surface area contributed by atoms with Gasteiger partial charge in [-0.1, -0.05) is 0 Å². The number of hydrogen-bond acceptors (Lipinski definition) is 6. The van der Waals surface area contributed by atoms with E-state index in [1.807, 2.05) is 13.0 Å². The molecule has 0 aliphatic carbocycles. The van der Waals surface area contributed by atoms with Crippen molar-refractivity contribution >= 4 is 27.3 Å². The zero-order chi connectivity index (χ0) is 20.9. The molecule has 0 saturated carbocycles. The first-order valence-electron chi connectivity index (χ1n) is 8.53. The Morgan fingerprint density at radius 2 is 1.79 bits per heavy atom. The number of nitriles is 1. The summed E-state index contributed by atoms with van der Waals surface area (Å²) in [5, 5.41) is 17.1. The molecule has 0 saturated heterocycles. The summed E-state index contributed by atoms with van der Waals surface area (Å²) < 4.78 is 33.1. The van der Waals surface area contributed by atoms with Crippen molar-refractivity contribution in [1.82, 2.24) is 10.2 Å². The summed E-state index contributed by atoms with van der Waals surface area (Å²) in [7, 11) is -4.09. The van der Waals surface area contributed by atoms with Crippen LogP contribution < -0.4 is 14.8 Å². The summed E-state index contributed by atoms with van der Waals surface area (Å²) in [5.41, 5.74) is 1.02. The van der Waals surface area contributed by atoms with Crippen LogP contribution in [-0.4, -0.2) is 31.1 Å². The molecule has 29 heavy (non-hydrogen) atoms. The van der Waals surface area contributed by atoms with Gasteiger partial charge >= 0.3 is 0 Å². The van der Waals surface area contributed by atoms with E-state index < -0.39 is 15.9 Å². The van der Waals surface area contributed by atoms with Crippen molar-refractivity contribution in [2.24, 2.45) is 0 Å². The normalized spacial score (nSPS) is 10.8. The van der Waals surface area contributed by atoms with Crippen LogP contribution in [-0.2, 0) is 10.0 Å². The molecule has 1 aromatic heterocycles. The zero-order valence-electron chi connectivity index (χ0n) is 15.3. The number of benzene rings is 2. The molecule has 0 aliphatic rings. The maximum atomic E-state index is 12.7. The van der Waals surface area contributed by atoms with E-state index in [1.165, 1.54) is 12.1 Å². The maximum absolute atomic E-state index is 12.7. The molecule has 9 nitrogen and oxygen atoms in total. The first kappa shape index (κ1) is 19.9. The van der Waals surface area contributed by atoms with Crippen molar-refractivity contribution in [3.63, 3.8) is 0 Å². The van der Waals surface area contributed by atoms with Crippen molar-refractivity contribution in [1.29, 1.82) is 5.26 Å². The van der Waals surface area contributed by atoms with Crippen LogP contribution in [0.15, 0.2) is 59.8 Å². The number of rotatable bonds is 7.